The largest absolute Gasteiger partial charge is 0.467 e. The molecule has 0 aliphatic rings. The number of methoxy groups -OCH3 is 2. The maximum atomic E-state index is 12.5. The second-order valence-electron chi connectivity index (χ2n) is 5.68. The highest BCUT2D eigenvalue weighted by Crippen LogP contribution is 2.28. The number of rotatable bonds is 5. The topological polar surface area (TPSA) is 88.2 Å². The van der Waals surface area contributed by atoms with E-state index in [4.69, 9.17) is 9.47 Å². The Labute approximate surface area is 140 Å². The minimum atomic E-state index is -1.02. The molecule has 2 aromatic heterocycles. The van der Waals surface area contributed by atoms with Crippen molar-refractivity contribution in [3.8, 4) is 0 Å². The second kappa shape index (κ2) is 6.86. The normalized spacial score (nSPS) is 13.4. The lowest BCUT2D eigenvalue weighted by Crippen LogP contribution is -2.38. The zero-order chi connectivity index (χ0) is 18.0. The van der Waals surface area contributed by atoms with Crippen molar-refractivity contribution in [1.29, 1.82) is 0 Å². The summed E-state index contributed by atoms with van der Waals surface area (Å²) in [6.45, 7) is 7.25. The Morgan fingerprint density at radius 3 is 1.38 bits per heavy atom. The van der Waals surface area contributed by atoms with Crippen LogP contribution in [0.2, 0.25) is 0 Å². The Morgan fingerprint density at radius 2 is 1.17 bits per heavy atom. The summed E-state index contributed by atoms with van der Waals surface area (Å²) in [5.41, 5.74) is 2.94. The van der Waals surface area contributed by atoms with Crippen LogP contribution in [0.3, 0.4) is 0 Å². The van der Waals surface area contributed by atoms with Crippen molar-refractivity contribution in [2.24, 2.45) is 0 Å². The van der Waals surface area contributed by atoms with Crippen LogP contribution in [0.25, 0.3) is 0 Å². The zero-order valence-corrected chi connectivity index (χ0v) is 14.7. The van der Waals surface area contributed by atoms with Crippen LogP contribution in [-0.2, 0) is 19.1 Å². The van der Waals surface area contributed by atoms with Gasteiger partial charge in [0.25, 0.3) is 0 Å². The summed E-state index contributed by atoms with van der Waals surface area (Å²) in [6.07, 6.45) is 0. The molecule has 0 amide bonds. The van der Waals surface area contributed by atoms with Gasteiger partial charge in [-0.3, -0.25) is 9.36 Å². The van der Waals surface area contributed by atoms with Crippen molar-refractivity contribution in [2.45, 2.75) is 39.8 Å². The number of esters is 2. The van der Waals surface area contributed by atoms with Gasteiger partial charge in [-0.15, -0.1) is 0 Å². The van der Waals surface area contributed by atoms with E-state index in [0.29, 0.717) is 0 Å². The van der Waals surface area contributed by atoms with Gasteiger partial charge in [0.15, 0.2) is 12.1 Å². The van der Waals surface area contributed by atoms with E-state index in [1.54, 1.807) is 0 Å². The molecule has 0 aliphatic carbocycles. The molecule has 0 saturated carbocycles. The van der Waals surface area contributed by atoms with Crippen LogP contribution in [0.4, 0.5) is 0 Å². The lowest BCUT2D eigenvalue weighted by atomic mass is 10.1. The molecule has 2 aromatic rings. The highest BCUT2D eigenvalue weighted by atomic mass is 16.5. The van der Waals surface area contributed by atoms with Crippen LogP contribution < -0.4 is 0 Å². The van der Waals surface area contributed by atoms with E-state index in [0.717, 1.165) is 22.8 Å². The summed E-state index contributed by atoms with van der Waals surface area (Å²) in [4.78, 5) is 25.0. The minimum Gasteiger partial charge on any atom is -0.467 e. The van der Waals surface area contributed by atoms with Gasteiger partial charge >= 0.3 is 11.9 Å². The lowest BCUT2D eigenvalue weighted by molar-refractivity contribution is -0.156. The van der Waals surface area contributed by atoms with Crippen LogP contribution in [0.1, 0.15) is 34.9 Å². The Balaban J connectivity index is 2.66. The van der Waals surface area contributed by atoms with Crippen molar-refractivity contribution in [3.63, 3.8) is 0 Å². The number of ether oxygens (including phenoxy) is 2. The third-order valence-corrected chi connectivity index (χ3v) is 3.80. The van der Waals surface area contributed by atoms with E-state index in [1.165, 1.54) is 23.6 Å². The molecular formula is C16H22N4O4. The van der Waals surface area contributed by atoms with Gasteiger partial charge in [0, 0.05) is 11.4 Å². The van der Waals surface area contributed by atoms with E-state index in [2.05, 4.69) is 10.2 Å². The molecule has 24 heavy (non-hydrogen) atoms. The van der Waals surface area contributed by atoms with Gasteiger partial charge in [-0.25, -0.2) is 9.59 Å². The molecule has 0 fully saturated rings. The maximum Gasteiger partial charge on any atom is 0.333 e. The first-order valence-electron chi connectivity index (χ1n) is 7.51. The summed E-state index contributed by atoms with van der Waals surface area (Å²) in [7, 11) is 2.55. The first-order valence-corrected chi connectivity index (χ1v) is 7.51. The van der Waals surface area contributed by atoms with Crippen LogP contribution >= 0.6 is 0 Å². The predicted octanol–water partition coefficient (Wildman–Crippen LogP) is 1.44. The number of carbonyl (C=O) groups is 2. The molecule has 8 nitrogen and oxygen atoms in total. The molecule has 0 spiro atoms. The first kappa shape index (κ1) is 17.7. The van der Waals surface area contributed by atoms with Crippen LogP contribution in [0.15, 0.2) is 12.1 Å². The van der Waals surface area contributed by atoms with Gasteiger partial charge in [0.1, 0.15) is 0 Å². The number of aryl methyl sites for hydroxylation is 4. The molecule has 0 unspecified atom stereocenters. The number of hydrogen-bond acceptors (Lipinski definition) is 6. The summed E-state index contributed by atoms with van der Waals surface area (Å²) in [5, 5.41) is 8.69. The summed E-state index contributed by atoms with van der Waals surface area (Å²) in [6, 6.07) is 1.61. The van der Waals surface area contributed by atoms with Crippen molar-refractivity contribution in [2.75, 3.05) is 14.2 Å². The summed E-state index contributed by atoms with van der Waals surface area (Å²) >= 11 is 0. The number of aromatic nitrogens is 4. The van der Waals surface area contributed by atoms with E-state index < -0.39 is 24.0 Å². The Kier molecular flexibility index (Phi) is 5.06. The molecule has 0 aliphatic heterocycles. The molecule has 2 atom stereocenters. The molecular weight excluding hydrogens is 312 g/mol. The van der Waals surface area contributed by atoms with E-state index >= 15 is 0 Å². The average Bonchev–Trinajstić information content (AvgIpc) is 3.03. The molecule has 0 radical (unpaired) electrons. The fourth-order valence-electron chi connectivity index (χ4n) is 2.82. The molecule has 0 saturated heterocycles. The van der Waals surface area contributed by atoms with Gasteiger partial charge in [-0.05, 0) is 39.8 Å². The standard InChI is InChI=1S/C16H22N4O4/c1-9-7-11(3)19(17-9)13(15(21)23-5)14(16(22)24-6)20-12(4)8-10(2)18-20/h7-8,13-14H,1-6H3/t13-,14+. The van der Waals surface area contributed by atoms with E-state index in [1.807, 2.05) is 39.8 Å². The molecule has 0 aromatic carbocycles. The monoisotopic (exact) mass is 334 g/mol. The van der Waals surface area contributed by atoms with Gasteiger partial charge in [-0.2, -0.15) is 10.2 Å². The Bertz CT molecular complexity index is 698. The molecule has 130 valence electrons. The van der Waals surface area contributed by atoms with Gasteiger partial charge in [0.05, 0.1) is 25.6 Å². The number of carbonyl (C=O) groups excluding carboxylic acids is 2. The smallest absolute Gasteiger partial charge is 0.333 e. The number of nitrogens with zero attached hydrogens (tertiary/aromatic N) is 4. The second-order valence-corrected chi connectivity index (χ2v) is 5.68. The van der Waals surface area contributed by atoms with Crippen LogP contribution in [-0.4, -0.2) is 45.7 Å². The first-order chi connectivity index (χ1) is 11.3. The van der Waals surface area contributed by atoms with E-state index in [9.17, 15) is 9.59 Å². The zero-order valence-electron chi connectivity index (χ0n) is 14.7. The van der Waals surface area contributed by atoms with E-state index in [-0.39, 0.29) is 0 Å². The molecule has 8 heteroatoms. The Hall–Kier alpha value is -2.64. The van der Waals surface area contributed by atoms with Crippen LogP contribution in [0, 0.1) is 27.7 Å². The third-order valence-electron chi connectivity index (χ3n) is 3.80. The lowest BCUT2D eigenvalue weighted by Gasteiger charge is -2.25. The van der Waals surface area contributed by atoms with Crippen molar-refractivity contribution >= 4 is 11.9 Å². The van der Waals surface area contributed by atoms with Gasteiger partial charge in [-0.1, -0.05) is 0 Å². The van der Waals surface area contributed by atoms with Crippen molar-refractivity contribution in [3.05, 3.63) is 34.9 Å². The van der Waals surface area contributed by atoms with Crippen LogP contribution in [0.5, 0.6) is 0 Å². The fraction of sp³-hybridized carbons (Fsp3) is 0.500. The molecule has 0 N–H and O–H groups in total. The third kappa shape index (κ3) is 3.17. The molecule has 2 rings (SSSR count). The van der Waals surface area contributed by atoms with Gasteiger partial charge in [0.2, 0.25) is 0 Å². The predicted molar refractivity (Wildman–Crippen MR) is 85.5 cm³/mol. The summed E-state index contributed by atoms with van der Waals surface area (Å²) in [5.74, 6) is -1.19. The Morgan fingerprint density at radius 1 is 0.833 bits per heavy atom. The highest BCUT2D eigenvalue weighted by molar-refractivity contribution is 5.84. The highest BCUT2D eigenvalue weighted by Gasteiger charge is 2.41. The summed E-state index contributed by atoms with van der Waals surface area (Å²) < 4.78 is 12.8. The van der Waals surface area contributed by atoms with Crippen molar-refractivity contribution in [1.82, 2.24) is 19.6 Å². The number of hydrogen-bond donors (Lipinski definition) is 0. The SMILES string of the molecule is COC(=O)[C@H]([C@H](C(=O)OC)n1nc(C)cc1C)n1nc(C)cc1C. The fourth-order valence-corrected chi connectivity index (χ4v) is 2.82. The molecule has 2 heterocycles. The average molecular weight is 334 g/mol. The maximum absolute atomic E-state index is 12.5. The quantitative estimate of drug-likeness (QED) is 0.769. The molecule has 0 bridgehead atoms. The van der Waals surface area contributed by atoms with Crippen molar-refractivity contribution < 1.29 is 19.1 Å². The van der Waals surface area contributed by atoms with Gasteiger partial charge < -0.3 is 9.47 Å². The minimum absolute atomic E-state index is 0.593.